The summed E-state index contributed by atoms with van der Waals surface area (Å²) in [7, 11) is 0. The van der Waals surface area contributed by atoms with Crippen molar-refractivity contribution in [3.8, 4) is 0 Å². The van der Waals surface area contributed by atoms with Crippen LogP contribution >= 0.6 is 15.9 Å². The maximum absolute atomic E-state index is 11.3. The van der Waals surface area contributed by atoms with Crippen LogP contribution in [-0.4, -0.2) is 15.1 Å². The number of hydrogen-bond acceptors (Lipinski definition) is 2. The first kappa shape index (κ1) is 8.94. The van der Waals surface area contributed by atoms with E-state index in [0.29, 0.717) is 12.5 Å². The van der Waals surface area contributed by atoms with E-state index in [-0.39, 0.29) is 5.56 Å². The largest absolute Gasteiger partial charge is 0.268 e. The van der Waals surface area contributed by atoms with Crippen molar-refractivity contribution >= 4 is 15.9 Å². The number of hydrogen-bond donors (Lipinski definition) is 0. The molecule has 1 fully saturated rings. The molecule has 2 rings (SSSR count). The van der Waals surface area contributed by atoms with Crippen molar-refractivity contribution in [1.82, 2.24) is 9.78 Å². The molecule has 1 aliphatic rings. The van der Waals surface area contributed by atoms with E-state index in [1.165, 1.54) is 17.5 Å². The average molecular weight is 243 g/mol. The molecule has 1 aromatic rings. The summed E-state index contributed by atoms with van der Waals surface area (Å²) in [4.78, 5) is 11.3. The van der Waals surface area contributed by atoms with Crippen molar-refractivity contribution < 1.29 is 0 Å². The lowest BCUT2D eigenvalue weighted by molar-refractivity contribution is 0.605. The molecule has 1 heterocycles. The molecule has 3 nitrogen and oxygen atoms in total. The Balaban J connectivity index is 2.30. The van der Waals surface area contributed by atoms with E-state index < -0.39 is 0 Å². The van der Waals surface area contributed by atoms with Crippen LogP contribution in [0.15, 0.2) is 16.9 Å². The molecular formula is C9H11BrN2O. The lowest BCUT2D eigenvalue weighted by atomic mass is 10.3. The molecule has 0 radical (unpaired) electrons. The normalized spacial score (nSPS) is 16.1. The van der Waals surface area contributed by atoms with Gasteiger partial charge in [-0.1, -0.05) is 15.9 Å². The van der Waals surface area contributed by atoms with Crippen molar-refractivity contribution in [2.45, 2.75) is 25.3 Å². The Morgan fingerprint density at radius 3 is 2.92 bits per heavy atom. The second-order valence-corrected chi connectivity index (χ2v) is 4.08. The third-order valence-corrected chi connectivity index (χ3v) is 2.53. The Hall–Kier alpha value is -0.640. The highest BCUT2D eigenvalue weighted by atomic mass is 79.9. The second-order valence-electron chi connectivity index (χ2n) is 3.28. The van der Waals surface area contributed by atoms with Gasteiger partial charge < -0.3 is 0 Å². The summed E-state index contributed by atoms with van der Waals surface area (Å²) >= 11 is 3.30. The fourth-order valence-corrected chi connectivity index (χ4v) is 1.64. The number of nitrogens with zero attached hydrogens (tertiary/aromatic N) is 2. The van der Waals surface area contributed by atoms with Crippen LogP contribution in [0.4, 0.5) is 0 Å². The zero-order chi connectivity index (χ0) is 9.26. The predicted molar refractivity (Wildman–Crippen MR) is 54.3 cm³/mol. The zero-order valence-corrected chi connectivity index (χ0v) is 8.83. The Labute approximate surface area is 84.9 Å². The summed E-state index contributed by atoms with van der Waals surface area (Å²) in [5.74, 6) is 0.613. The van der Waals surface area contributed by atoms with Crippen LogP contribution in [0.1, 0.15) is 24.5 Å². The van der Waals surface area contributed by atoms with Gasteiger partial charge in [0.25, 0.3) is 5.56 Å². The smallest absolute Gasteiger partial charge is 0.266 e. The van der Waals surface area contributed by atoms with Crippen LogP contribution in [0.5, 0.6) is 0 Å². The van der Waals surface area contributed by atoms with E-state index in [1.807, 2.05) is 6.07 Å². The highest BCUT2D eigenvalue weighted by Gasteiger charge is 2.25. The molecule has 13 heavy (non-hydrogen) atoms. The highest BCUT2D eigenvalue weighted by Crippen LogP contribution is 2.38. The van der Waals surface area contributed by atoms with Gasteiger partial charge in [-0.25, -0.2) is 4.68 Å². The van der Waals surface area contributed by atoms with E-state index in [0.717, 1.165) is 11.0 Å². The minimum absolute atomic E-state index is 0.0103. The first-order chi connectivity index (χ1) is 6.31. The van der Waals surface area contributed by atoms with Gasteiger partial charge in [-0.3, -0.25) is 4.79 Å². The third-order valence-electron chi connectivity index (χ3n) is 2.18. The molecule has 1 aromatic heterocycles. The van der Waals surface area contributed by atoms with E-state index in [9.17, 15) is 4.79 Å². The summed E-state index contributed by atoms with van der Waals surface area (Å²) in [6, 6.07) is 3.47. The lowest BCUT2D eigenvalue weighted by Gasteiger charge is -2.03. The van der Waals surface area contributed by atoms with Crippen molar-refractivity contribution in [1.29, 1.82) is 0 Å². The van der Waals surface area contributed by atoms with E-state index in [2.05, 4.69) is 21.0 Å². The SMILES string of the molecule is O=c1ccc(C2CC2)nn1CCBr. The number of aryl methyl sites for hydroxylation is 1. The van der Waals surface area contributed by atoms with Crippen LogP contribution in [0.25, 0.3) is 0 Å². The molecule has 0 spiro atoms. The van der Waals surface area contributed by atoms with E-state index in [1.54, 1.807) is 6.07 Å². The van der Waals surface area contributed by atoms with Crippen molar-refractivity contribution in [3.05, 3.63) is 28.2 Å². The van der Waals surface area contributed by atoms with Crippen LogP contribution in [-0.2, 0) is 6.54 Å². The zero-order valence-electron chi connectivity index (χ0n) is 7.24. The molecule has 1 saturated carbocycles. The molecule has 0 saturated heterocycles. The summed E-state index contributed by atoms with van der Waals surface area (Å²) < 4.78 is 1.53. The number of rotatable bonds is 3. The summed E-state index contributed by atoms with van der Waals surface area (Å²) in [5, 5.41) is 5.07. The van der Waals surface area contributed by atoms with Gasteiger partial charge in [-0.2, -0.15) is 5.10 Å². The Kier molecular flexibility index (Phi) is 2.49. The molecule has 0 unspecified atom stereocenters. The molecule has 0 aliphatic heterocycles. The molecular weight excluding hydrogens is 232 g/mol. The van der Waals surface area contributed by atoms with Gasteiger partial charge in [-0.05, 0) is 18.9 Å². The van der Waals surface area contributed by atoms with Crippen LogP contribution in [0.3, 0.4) is 0 Å². The number of aromatic nitrogens is 2. The van der Waals surface area contributed by atoms with Gasteiger partial charge in [0.2, 0.25) is 0 Å². The topological polar surface area (TPSA) is 34.9 Å². The van der Waals surface area contributed by atoms with Crippen LogP contribution in [0.2, 0.25) is 0 Å². The first-order valence-electron chi connectivity index (χ1n) is 4.45. The molecule has 0 N–H and O–H groups in total. The van der Waals surface area contributed by atoms with Gasteiger partial charge in [0.05, 0.1) is 12.2 Å². The maximum atomic E-state index is 11.3. The predicted octanol–water partition coefficient (Wildman–Crippen LogP) is 1.52. The van der Waals surface area contributed by atoms with Gasteiger partial charge in [0.15, 0.2) is 0 Å². The molecule has 0 aromatic carbocycles. The summed E-state index contributed by atoms with van der Waals surface area (Å²) in [5.41, 5.74) is 1.06. The second kappa shape index (κ2) is 3.62. The molecule has 1 aliphatic carbocycles. The molecule has 0 amide bonds. The quantitative estimate of drug-likeness (QED) is 0.754. The minimum atomic E-state index is -0.0103. The van der Waals surface area contributed by atoms with Gasteiger partial charge >= 0.3 is 0 Å². The van der Waals surface area contributed by atoms with Crippen LogP contribution in [0, 0.1) is 0 Å². The average Bonchev–Trinajstić information content (AvgIpc) is 2.92. The highest BCUT2D eigenvalue weighted by molar-refractivity contribution is 9.09. The summed E-state index contributed by atoms with van der Waals surface area (Å²) in [6.07, 6.45) is 2.44. The minimum Gasteiger partial charge on any atom is -0.268 e. The Morgan fingerprint density at radius 2 is 2.31 bits per heavy atom. The van der Waals surface area contributed by atoms with E-state index in [4.69, 9.17) is 0 Å². The molecule has 0 atom stereocenters. The maximum Gasteiger partial charge on any atom is 0.266 e. The van der Waals surface area contributed by atoms with Crippen molar-refractivity contribution in [2.24, 2.45) is 0 Å². The fraction of sp³-hybridized carbons (Fsp3) is 0.556. The standard InChI is InChI=1S/C9H11BrN2O/c10-5-6-12-9(13)4-3-8(11-12)7-1-2-7/h3-4,7H,1-2,5-6H2. The summed E-state index contributed by atoms with van der Waals surface area (Å²) in [6.45, 7) is 0.652. The van der Waals surface area contributed by atoms with Crippen molar-refractivity contribution in [3.63, 3.8) is 0 Å². The third kappa shape index (κ3) is 1.99. The van der Waals surface area contributed by atoms with Crippen LogP contribution < -0.4 is 5.56 Å². The van der Waals surface area contributed by atoms with Gasteiger partial charge in [0.1, 0.15) is 0 Å². The fourth-order valence-electron chi connectivity index (χ4n) is 1.30. The monoisotopic (exact) mass is 242 g/mol. The molecule has 0 bridgehead atoms. The number of halogens is 1. The number of alkyl halides is 1. The lowest BCUT2D eigenvalue weighted by Crippen LogP contribution is -2.23. The first-order valence-corrected chi connectivity index (χ1v) is 5.57. The molecule has 70 valence electrons. The Bertz CT molecular complexity index is 357. The van der Waals surface area contributed by atoms with Crippen molar-refractivity contribution in [2.75, 3.05) is 5.33 Å². The van der Waals surface area contributed by atoms with E-state index >= 15 is 0 Å². The van der Waals surface area contributed by atoms with Gasteiger partial charge in [-0.15, -0.1) is 0 Å². The van der Waals surface area contributed by atoms with Gasteiger partial charge in [0, 0.05) is 17.3 Å². The Morgan fingerprint density at radius 1 is 1.54 bits per heavy atom. The molecule has 4 heteroatoms.